The van der Waals surface area contributed by atoms with Crippen LogP contribution in [0.15, 0.2) is 91.2 Å². The molecule has 0 saturated carbocycles. The highest BCUT2D eigenvalue weighted by atomic mass is 32.2. The van der Waals surface area contributed by atoms with Crippen molar-refractivity contribution in [1.82, 2.24) is 0 Å². The molecule has 2 nitrogen and oxygen atoms in total. The second-order valence-electron chi connectivity index (χ2n) is 7.25. The average molecular weight is 547 g/mol. The first-order chi connectivity index (χ1) is 16.9. The summed E-state index contributed by atoms with van der Waals surface area (Å²) in [7, 11) is -6.87. The molecule has 0 N–H and O–H groups in total. The minimum atomic E-state index is -4.89. The zero-order chi connectivity index (χ0) is 26.4. The summed E-state index contributed by atoms with van der Waals surface area (Å²) in [6.45, 7) is 0. The molecule has 0 saturated heterocycles. The molecule has 4 rings (SSSR count). The Morgan fingerprint density at radius 2 is 0.889 bits per heavy atom. The number of hydrogen-bond donors (Lipinski definition) is 0. The summed E-state index contributed by atoms with van der Waals surface area (Å²) in [5.41, 5.74) is 0. The summed E-state index contributed by atoms with van der Waals surface area (Å²) < 4.78 is 138. The summed E-state index contributed by atoms with van der Waals surface area (Å²) in [6.07, 6.45) is 0. The molecule has 0 aromatic heterocycles. The van der Waals surface area contributed by atoms with Crippen molar-refractivity contribution in [3.63, 3.8) is 0 Å². The SMILES string of the molecule is O=S(=O)(c1ccc(F)c(F)c1)c1cc(F)c(F)cc1[S+](c1ccc(F)c(F)c1)c1ccc(F)c(F)c1. The molecule has 0 atom stereocenters. The second-order valence-corrected chi connectivity index (χ2v) is 11.2. The lowest BCUT2D eigenvalue weighted by molar-refractivity contribution is 0.498. The van der Waals surface area contributed by atoms with Gasteiger partial charge in [-0.3, -0.25) is 0 Å². The fourth-order valence-corrected chi connectivity index (χ4v) is 7.28. The Balaban J connectivity index is 2.06. The fourth-order valence-electron chi connectivity index (χ4n) is 3.25. The van der Waals surface area contributed by atoms with E-state index in [1.807, 2.05) is 0 Å². The van der Waals surface area contributed by atoms with Gasteiger partial charge >= 0.3 is 0 Å². The molecule has 0 heterocycles. The van der Waals surface area contributed by atoms with E-state index < -0.39 is 82.0 Å². The minimum Gasteiger partial charge on any atom is -0.218 e. The van der Waals surface area contributed by atoms with Crippen molar-refractivity contribution in [3.05, 3.63) is 113 Å². The van der Waals surface area contributed by atoms with E-state index >= 15 is 0 Å². The third-order valence-corrected chi connectivity index (χ3v) is 9.10. The van der Waals surface area contributed by atoms with Crippen molar-refractivity contribution < 1.29 is 43.5 Å². The smallest absolute Gasteiger partial charge is 0.211 e. The van der Waals surface area contributed by atoms with Crippen LogP contribution in [0.4, 0.5) is 35.1 Å². The highest BCUT2D eigenvalue weighted by molar-refractivity contribution is 7.98. The predicted molar refractivity (Wildman–Crippen MR) is 113 cm³/mol. The largest absolute Gasteiger partial charge is 0.218 e. The number of benzene rings is 4. The molecule has 36 heavy (non-hydrogen) atoms. The van der Waals surface area contributed by atoms with Crippen LogP contribution in [-0.2, 0) is 20.7 Å². The van der Waals surface area contributed by atoms with E-state index in [0.717, 1.165) is 12.1 Å². The Morgan fingerprint density at radius 1 is 0.472 bits per heavy atom. The average Bonchev–Trinajstić information content (AvgIpc) is 2.82. The van der Waals surface area contributed by atoms with Gasteiger partial charge in [0.1, 0.15) is 15.8 Å². The molecule has 0 fully saturated rings. The lowest BCUT2D eigenvalue weighted by Gasteiger charge is -2.14. The van der Waals surface area contributed by atoms with Crippen molar-refractivity contribution in [2.45, 2.75) is 24.5 Å². The Bertz CT molecular complexity index is 1550. The van der Waals surface area contributed by atoms with Crippen LogP contribution in [0.2, 0.25) is 0 Å². The standard InChI is InChI=1S/C24H11F8O2S2/c25-15-4-1-12(7-18(15)28)35(13-2-5-16(26)19(29)8-13)23-10-21(31)22(32)11-24(23)36(33,34)14-3-6-17(27)20(30)9-14/h1-11H/q+1. The second kappa shape index (κ2) is 9.58. The molecular formula is C24H11F8O2S2+. The molecule has 12 heteroatoms. The monoisotopic (exact) mass is 547 g/mol. The maximum absolute atomic E-state index is 14.4. The summed E-state index contributed by atoms with van der Waals surface area (Å²) >= 11 is 0. The molecular weight excluding hydrogens is 536 g/mol. The highest BCUT2D eigenvalue weighted by Crippen LogP contribution is 2.39. The first-order valence-electron chi connectivity index (χ1n) is 9.73. The third-order valence-electron chi connectivity index (χ3n) is 4.95. The van der Waals surface area contributed by atoms with Gasteiger partial charge in [-0.1, -0.05) is 0 Å². The van der Waals surface area contributed by atoms with Gasteiger partial charge in [0, 0.05) is 24.3 Å². The van der Waals surface area contributed by atoms with Crippen LogP contribution < -0.4 is 0 Å². The normalized spacial score (nSPS) is 11.8. The number of rotatable bonds is 5. The fraction of sp³-hybridized carbons (Fsp3) is 0. The highest BCUT2D eigenvalue weighted by Gasteiger charge is 2.39. The van der Waals surface area contributed by atoms with Gasteiger partial charge < -0.3 is 0 Å². The van der Waals surface area contributed by atoms with E-state index in [1.165, 1.54) is 0 Å². The molecule has 0 aliphatic rings. The van der Waals surface area contributed by atoms with E-state index in [4.69, 9.17) is 0 Å². The van der Waals surface area contributed by atoms with Gasteiger partial charge in [0.2, 0.25) is 9.84 Å². The lowest BCUT2D eigenvalue weighted by Crippen LogP contribution is -2.14. The van der Waals surface area contributed by atoms with Crippen molar-refractivity contribution in [2.75, 3.05) is 0 Å². The Morgan fingerprint density at radius 3 is 1.36 bits per heavy atom. The van der Waals surface area contributed by atoms with Crippen LogP contribution in [-0.4, -0.2) is 8.42 Å². The van der Waals surface area contributed by atoms with Crippen molar-refractivity contribution in [3.8, 4) is 0 Å². The summed E-state index contributed by atoms with van der Waals surface area (Å²) in [4.78, 5) is -2.73. The molecule has 0 unspecified atom stereocenters. The number of sulfone groups is 1. The van der Waals surface area contributed by atoms with Crippen molar-refractivity contribution in [2.24, 2.45) is 0 Å². The van der Waals surface area contributed by atoms with E-state index in [-0.39, 0.29) is 15.9 Å². The van der Waals surface area contributed by atoms with Crippen LogP contribution in [0, 0.1) is 46.5 Å². The Kier molecular flexibility index (Phi) is 6.84. The molecule has 0 amide bonds. The van der Waals surface area contributed by atoms with Gasteiger partial charge in [0.05, 0.1) is 4.90 Å². The molecule has 0 spiro atoms. The van der Waals surface area contributed by atoms with Crippen LogP contribution in [0.3, 0.4) is 0 Å². The lowest BCUT2D eigenvalue weighted by atomic mass is 10.3. The molecule has 0 aliphatic carbocycles. The van der Waals surface area contributed by atoms with Crippen molar-refractivity contribution in [1.29, 1.82) is 0 Å². The zero-order valence-electron chi connectivity index (χ0n) is 17.5. The maximum Gasteiger partial charge on any atom is 0.211 e. The Labute approximate surface area is 202 Å². The van der Waals surface area contributed by atoms with Crippen LogP contribution in [0.5, 0.6) is 0 Å². The van der Waals surface area contributed by atoms with E-state index in [0.29, 0.717) is 48.5 Å². The van der Waals surface area contributed by atoms with Crippen LogP contribution >= 0.6 is 0 Å². The summed E-state index contributed by atoms with van der Waals surface area (Å²) in [6, 6.07) is 6.86. The topological polar surface area (TPSA) is 34.1 Å². The van der Waals surface area contributed by atoms with E-state index in [9.17, 15) is 43.5 Å². The molecule has 0 aliphatic heterocycles. The van der Waals surface area contributed by atoms with Gasteiger partial charge in [-0.2, -0.15) is 0 Å². The maximum atomic E-state index is 14.4. The van der Waals surface area contributed by atoms with Gasteiger partial charge in [-0.15, -0.1) is 0 Å². The van der Waals surface area contributed by atoms with Crippen LogP contribution in [0.25, 0.3) is 0 Å². The van der Waals surface area contributed by atoms with Gasteiger partial charge in [-0.05, 0) is 42.5 Å². The molecule has 0 radical (unpaired) electrons. The molecule has 186 valence electrons. The predicted octanol–water partition coefficient (Wildman–Crippen LogP) is 6.73. The van der Waals surface area contributed by atoms with E-state index in [1.54, 1.807) is 0 Å². The van der Waals surface area contributed by atoms with Crippen LogP contribution in [0.1, 0.15) is 0 Å². The van der Waals surface area contributed by atoms with Crippen molar-refractivity contribution >= 4 is 20.7 Å². The zero-order valence-corrected chi connectivity index (χ0v) is 19.1. The van der Waals surface area contributed by atoms with Gasteiger partial charge in [0.25, 0.3) is 0 Å². The first kappa shape index (κ1) is 25.7. The molecule has 0 bridgehead atoms. The summed E-state index contributed by atoms with van der Waals surface area (Å²) in [5.74, 6) is -11.4. The molecule has 4 aromatic rings. The minimum absolute atomic E-state index is 0.201. The van der Waals surface area contributed by atoms with Gasteiger partial charge in [-0.25, -0.2) is 43.5 Å². The third kappa shape index (κ3) is 4.70. The number of hydrogen-bond acceptors (Lipinski definition) is 2. The molecule has 4 aromatic carbocycles. The summed E-state index contributed by atoms with van der Waals surface area (Å²) in [5, 5.41) is 0. The Hall–Kier alpha value is -3.38. The number of halogens is 8. The van der Waals surface area contributed by atoms with Gasteiger partial charge in [0.15, 0.2) is 61.2 Å². The quantitative estimate of drug-likeness (QED) is 0.158. The first-order valence-corrected chi connectivity index (χ1v) is 12.4. The van der Waals surface area contributed by atoms with E-state index in [2.05, 4.69) is 0 Å².